The van der Waals surface area contributed by atoms with Gasteiger partial charge in [0, 0.05) is 13.3 Å². The molecule has 1 rings (SSSR count). The molecule has 0 saturated carbocycles. The average molecular weight is 169 g/mol. The predicted molar refractivity (Wildman–Crippen MR) is 48.0 cm³/mol. The summed E-state index contributed by atoms with van der Waals surface area (Å²) >= 11 is 0. The number of nitrogens with zero attached hydrogens (tertiary/aromatic N) is 2. The Bertz CT molecular complexity index is 257. The Hall–Kier alpha value is -1.03. The first-order valence-corrected chi connectivity index (χ1v) is 3.95. The molecule has 1 unspecified atom stereocenters. The van der Waals surface area contributed by atoms with Gasteiger partial charge < -0.3 is 15.0 Å². The van der Waals surface area contributed by atoms with Crippen LogP contribution in [-0.2, 0) is 4.74 Å². The van der Waals surface area contributed by atoms with E-state index in [-0.39, 0.29) is 6.04 Å². The maximum absolute atomic E-state index is 5.67. The van der Waals surface area contributed by atoms with Crippen LogP contribution in [0.15, 0.2) is 6.20 Å². The Morgan fingerprint density at radius 1 is 1.75 bits per heavy atom. The quantitative estimate of drug-likeness (QED) is 0.733. The van der Waals surface area contributed by atoms with Gasteiger partial charge in [0.05, 0.1) is 18.3 Å². The lowest BCUT2D eigenvalue weighted by atomic mass is 10.3. The Labute approximate surface area is 72.3 Å². The number of ether oxygens (including phenoxy) is 1. The summed E-state index contributed by atoms with van der Waals surface area (Å²) in [5.74, 6) is 0.553. The topological polar surface area (TPSA) is 53.1 Å². The summed E-state index contributed by atoms with van der Waals surface area (Å²) in [5, 5.41) is 0. The number of rotatable bonds is 3. The number of hydrogen-bond acceptors (Lipinski definition) is 3. The molecule has 0 aliphatic carbocycles. The SMILES string of the molecule is COCC(C)n1cc(C)nc1N. The van der Waals surface area contributed by atoms with Gasteiger partial charge in [-0.2, -0.15) is 0 Å². The highest BCUT2D eigenvalue weighted by molar-refractivity contribution is 5.22. The van der Waals surface area contributed by atoms with Crippen LogP contribution in [0.25, 0.3) is 0 Å². The molecule has 4 heteroatoms. The first-order chi connectivity index (χ1) is 5.65. The van der Waals surface area contributed by atoms with E-state index < -0.39 is 0 Å². The molecule has 0 aliphatic heterocycles. The van der Waals surface area contributed by atoms with Crippen LogP contribution in [-0.4, -0.2) is 23.3 Å². The molecule has 1 heterocycles. The van der Waals surface area contributed by atoms with Gasteiger partial charge in [-0.15, -0.1) is 0 Å². The number of nitrogen functional groups attached to an aromatic ring is 1. The van der Waals surface area contributed by atoms with E-state index >= 15 is 0 Å². The van der Waals surface area contributed by atoms with Crippen molar-refractivity contribution in [2.45, 2.75) is 19.9 Å². The minimum atomic E-state index is 0.246. The number of imidazole rings is 1. The lowest BCUT2D eigenvalue weighted by Gasteiger charge is -2.12. The van der Waals surface area contributed by atoms with Crippen molar-refractivity contribution in [3.05, 3.63) is 11.9 Å². The van der Waals surface area contributed by atoms with Crippen LogP contribution in [0.4, 0.5) is 5.95 Å². The first-order valence-electron chi connectivity index (χ1n) is 3.95. The Morgan fingerprint density at radius 2 is 2.42 bits per heavy atom. The lowest BCUT2D eigenvalue weighted by molar-refractivity contribution is 0.163. The van der Waals surface area contributed by atoms with Crippen LogP contribution in [0.3, 0.4) is 0 Å². The number of methoxy groups -OCH3 is 1. The largest absolute Gasteiger partial charge is 0.383 e. The van der Waals surface area contributed by atoms with Crippen LogP contribution >= 0.6 is 0 Å². The summed E-state index contributed by atoms with van der Waals surface area (Å²) in [5.41, 5.74) is 6.61. The minimum Gasteiger partial charge on any atom is -0.383 e. The molecule has 1 aromatic heterocycles. The fourth-order valence-corrected chi connectivity index (χ4v) is 1.21. The highest BCUT2D eigenvalue weighted by Crippen LogP contribution is 2.12. The minimum absolute atomic E-state index is 0.246. The summed E-state index contributed by atoms with van der Waals surface area (Å²) < 4.78 is 6.93. The number of nitrogens with two attached hydrogens (primary N) is 1. The molecule has 68 valence electrons. The molecular formula is C8H15N3O. The molecule has 1 atom stereocenters. The van der Waals surface area contributed by atoms with Gasteiger partial charge in [0.25, 0.3) is 0 Å². The zero-order valence-electron chi connectivity index (χ0n) is 7.74. The van der Waals surface area contributed by atoms with Crippen LogP contribution < -0.4 is 5.73 Å². The second kappa shape index (κ2) is 3.58. The van der Waals surface area contributed by atoms with Crippen molar-refractivity contribution in [2.75, 3.05) is 19.5 Å². The van der Waals surface area contributed by atoms with Crippen molar-refractivity contribution >= 4 is 5.95 Å². The van der Waals surface area contributed by atoms with Crippen LogP contribution in [0, 0.1) is 6.92 Å². The molecule has 0 saturated heterocycles. The van der Waals surface area contributed by atoms with Gasteiger partial charge >= 0.3 is 0 Å². The highest BCUT2D eigenvalue weighted by atomic mass is 16.5. The van der Waals surface area contributed by atoms with Crippen LogP contribution in [0.1, 0.15) is 18.7 Å². The van der Waals surface area contributed by atoms with E-state index in [1.54, 1.807) is 7.11 Å². The Balaban J connectivity index is 2.79. The molecule has 0 aromatic carbocycles. The third kappa shape index (κ3) is 1.76. The molecule has 0 radical (unpaired) electrons. The fourth-order valence-electron chi connectivity index (χ4n) is 1.21. The van der Waals surface area contributed by atoms with Gasteiger partial charge in [-0.05, 0) is 13.8 Å². The molecule has 0 amide bonds. The molecule has 4 nitrogen and oxygen atoms in total. The summed E-state index contributed by atoms with van der Waals surface area (Å²) in [4.78, 5) is 4.10. The van der Waals surface area contributed by atoms with E-state index in [1.807, 2.05) is 24.6 Å². The van der Waals surface area contributed by atoms with Gasteiger partial charge in [0.1, 0.15) is 0 Å². The Morgan fingerprint density at radius 3 is 2.83 bits per heavy atom. The van der Waals surface area contributed by atoms with E-state index in [0.717, 1.165) is 5.69 Å². The molecule has 0 spiro atoms. The summed E-state index contributed by atoms with van der Waals surface area (Å²) in [6.07, 6.45) is 1.93. The van der Waals surface area contributed by atoms with E-state index in [2.05, 4.69) is 4.98 Å². The maximum Gasteiger partial charge on any atom is 0.200 e. The molecule has 0 fully saturated rings. The van der Waals surface area contributed by atoms with Gasteiger partial charge in [-0.3, -0.25) is 0 Å². The summed E-state index contributed by atoms with van der Waals surface area (Å²) in [6.45, 7) is 4.62. The van der Waals surface area contributed by atoms with Gasteiger partial charge in [0.2, 0.25) is 5.95 Å². The maximum atomic E-state index is 5.67. The van der Waals surface area contributed by atoms with Crippen molar-refractivity contribution < 1.29 is 4.74 Å². The molecular weight excluding hydrogens is 154 g/mol. The van der Waals surface area contributed by atoms with Crippen LogP contribution in [0.5, 0.6) is 0 Å². The molecule has 12 heavy (non-hydrogen) atoms. The van der Waals surface area contributed by atoms with E-state index in [1.165, 1.54) is 0 Å². The predicted octanol–water partition coefficient (Wildman–Crippen LogP) is 0.981. The van der Waals surface area contributed by atoms with Gasteiger partial charge in [-0.25, -0.2) is 4.98 Å². The zero-order chi connectivity index (χ0) is 9.14. The average Bonchev–Trinajstić information content (AvgIpc) is 2.30. The van der Waals surface area contributed by atoms with Gasteiger partial charge in [-0.1, -0.05) is 0 Å². The second-order valence-electron chi connectivity index (χ2n) is 2.95. The zero-order valence-corrected chi connectivity index (χ0v) is 7.74. The Kier molecular flexibility index (Phi) is 2.70. The number of hydrogen-bond donors (Lipinski definition) is 1. The van der Waals surface area contributed by atoms with Crippen molar-refractivity contribution in [2.24, 2.45) is 0 Å². The van der Waals surface area contributed by atoms with E-state index in [9.17, 15) is 0 Å². The van der Waals surface area contributed by atoms with Crippen molar-refractivity contribution in [3.8, 4) is 0 Å². The third-order valence-corrected chi connectivity index (χ3v) is 1.76. The molecule has 0 bridgehead atoms. The van der Waals surface area contributed by atoms with Crippen molar-refractivity contribution in [3.63, 3.8) is 0 Å². The third-order valence-electron chi connectivity index (χ3n) is 1.76. The molecule has 1 aromatic rings. The first kappa shape index (κ1) is 9.06. The fraction of sp³-hybridized carbons (Fsp3) is 0.625. The summed E-state index contributed by atoms with van der Waals surface area (Å²) in [6, 6.07) is 0.246. The molecule has 0 aliphatic rings. The normalized spacial score (nSPS) is 13.2. The van der Waals surface area contributed by atoms with E-state index in [0.29, 0.717) is 12.6 Å². The van der Waals surface area contributed by atoms with Crippen molar-refractivity contribution in [1.29, 1.82) is 0 Å². The highest BCUT2D eigenvalue weighted by Gasteiger charge is 2.08. The number of aryl methyl sites for hydroxylation is 1. The second-order valence-corrected chi connectivity index (χ2v) is 2.95. The number of aromatic nitrogens is 2. The molecule has 2 N–H and O–H groups in total. The van der Waals surface area contributed by atoms with Crippen molar-refractivity contribution in [1.82, 2.24) is 9.55 Å². The monoisotopic (exact) mass is 169 g/mol. The number of anilines is 1. The smallest absolute Gasteiger partial charge is 0.200 e. The summed E-state index contributed by atoms with van der Waals surface area (Å²) in [7, 11) is 1.68. The lowest BCUT2D eigenvalue weighted by Crippen LogP contribution is -2.12. The van der Waals surface area contributed by atoms with Crippen LogP contribution in [0.2, 0.25) is 0 Å². The van der Waals surface area contributed by atoms with Gasteiger partial charge in [0.15, 0.2) is 0 Å². The van der Waals surface area contributed by atoms with E-state index in [4.69, 9.17) is 10.5 Å². The standard InChI is InChI=1S/C8H15N3O/c1-6-4-11(8(9)10-6)7(2)5-12-3/h4,7H,5H2,1-3H3,(H2,9,10).